The van der Waals surface area contributed by atoms with Crippen molar-refractivity contribution in [1.29, 1.82) is 0 Å². The highest BCUT2D eigenvalue weighted by molar-refractivity contribution is 5.97. The quantitative estimate of drug-likeness (QED) is 0.379. The molecule has 2 aromatic carbocycles. The zero-order valence-electron chi connectivity index (χ0n) is 18.9. The van der Waals surface area contributed by atoms with Crippen molar-refractivity contribution in [3.05, 3.63) is 89.9 Å². The molecule has 11 heteroatoms. The van der Waals surface area contributed by atoms with Gasteiger partial charge in [0.25, 0.3) is 5.91 Å². The van der Waals surface area contributed by atoms with Crippen molar-refractivity contribution in [1.82, 2.24) is 25.0 Å². The van der Waals surface area contributed by atoms with Gasteiger partial charge in [0.1, 0.15) is 30.4 Å². The normalized spacial score (nSPS) is 16.1. The summed E-state index contributed by atoms with van der Waals surface area (Å²) < 4.78 is 55.7. The Morgan fingerprint density at radius 2 is 1.75 bits per heavy atom. The van der Waals surface area contributed by atoms with Crippen molar-refractivity contribution in [2.24, 2.45) is 0 Å². The van der Waals surface area contributed by atoms with E-state index in [2.05, 4.69) is 20.3 Å². The van der Waals surface area contributed by atoms with Crippen molar-refractivity contribution in [3.63, 3.8) is 0 Å². The summed E-state index contributed by atoms with van der Waals surface area (Å²) in [5.74, 6) is -1.46. The maximum Gasteiger partial charge on any atom is 0.406 e. The van der Waals surface area contributed by atoms with Crippen LogP contribution in [0.15, 0.2) is 67.4 Å². The molecule has 0 N–H and O–H groups in total. The molecular weight excluding hydrogens is 476 g/mol. The number of hydrogen-bond donors (Lipinski definition) is 0. The van der Waals surface area contributed by atoms with Crippen molar-refractivity contribution >= 4 is 11.6 Å². The Morgan fingerprint density at radius 1 is 1.00 bits per heavy atom. The molecule has 0 bridgehead atoms. The molecule has 0 radical (unpaired) electrons. The largest absolute Gasteiger partial charge is 0.406 e. The van der Waals surface area contributed by atoms with E-state index in [9.17, 15) is 22.4 Å². The molecule has 7 nitrogen and oxygen atoms in total. The second-order valence-corrected chi connectivity index (χ2v) is 8.54. The summed E-state index contributed by atoms with van der Waals surface area (Å²) in [5.41, 5.74) is 3.20. The van der Waals surface area contributed by atoms with Crippen molar-refractivity contribution in [2.45, 2.75) is 31.5 Å². The number of fused-ring (bicyclic) bond motifs is 1. The van der Waals surface area contributed by atoms with Gasteiger partial charge in [-0.2, -0.15) is 13.2 Å². The monoisotopic (exact) mass is 496 g/mol. The number of hydrogen-bond acceptors (Lipinski definition) is 5. The predicted molar refractivity (Wildman–Crippen MR) is 122 cm³/mol. The average molecular weight is 496 g/mol. The highest BCUT2D eigenvalue weighted by Crippen LogP contribution is 2.35. The minimum Gasteiger partial charge on any atom is -0.301 e. The molecule has 0 fully saturated rings. The standard InChI is InChI=1S/C25H20F4N6O/c26-20-2-1-3-22-19(20)8-9-23(24(36)34(22)14-25(27,28)29)35-13-21(32-33-35)18-6-4-16(5-7-18)10-17-11-30-15-31-12-17/h1-7,11-13,15,23H,8-10,14H2. The van der Waals surface area contributed by atoms with Gasteiger partial charge < -0.3 is 4.90 Å². The molecule has 0 aliphatic carbocycles. The van der Waals surface area contributed by atoms with Gasteiger partial charge in [-0.15, -0.1) is 5.10 Å². The van der Waals surface area contributed by atoms with Gasteiger partial charge in [-0.05, 0) is 36.1 Å². The number of benzene rings is 2. The number of alkyl halides is 3. The van der Waals surface area contributed by atoms with Gasteiger partial charge in [-0.3, -0.25) is 4.79 Å². The maximum atomic E-state index is 14.4. The smallest absolute Gasteiger partial charge is 0.301 e. The van der Waals surface area contributed by atoms with E-state index in [1.165, 1.54) is 35.4 Å². The number of rotatable bonds is 5. The van der Waals surface area contributed by atoms with E-state index >= 15 is 0 Å². The van der Waals surface area contributed by atoms with Crippen LogP contribution < -0.4 is 4.90 Å². The Bertz CT molecular complexity index is 1370. The summed E-state index contributed by atoms with van der Waals surface area (Å²) in [6.07, 6.45) is 2.63. The fraction of sp³-hybridized carbons (Fsp3) is 0.240. The molecule has 1 aliphatic rings. The average Bonchev–Trinajstić information content (AvgIpc) is 3.29. The summed E-state index contributed by atoms with van der Waals surface area (Å²) in [6, 6.07) is 10.3. The third-order valence-corrected chi connectivity index (χ3v) is 6.04. The van der Waals surface area contributed by atoms with Crippen molar-refractivity contribution < 1.29 is 22.4 Å². The number of carbonyl (C=O) groups excluding carboxylic acids is 1. The minimum absolute atomic E-state index is 0.0698. The van der Waals surface area contributed by atoms with Gasteiger partial charge in [0.05, 0.1) is 11.9 Å². The summed E-state index contributed by atoms with van der Waals surface area (Å²) in [6.45, 7) is -1.52. The van der Waals surface area contributed by atoms with Crippen LogP contribution in [-0.4, -0.2) is 43.6 Å². The molecule has 1 atom stereocenters. The zero-order chi connectivity index (χ0) is 25.3. The van der Waals surface area contributed by atoms with Crippen molar-refractivity contribution in [3.8, 4) is 11.3 Å². The molecule has 3 heterocycles. The Labute approximate surface area is 203 Å². The van der Waals surface area contributed by atoms with Crippen LogP contribution in [0.25, 0.3) is 11.3 Å². The lowest BCUT2D eigenvalue weighted by Crippen LogP contribution is -2.42. The first-order chi connectivity index (χ1) is 17.3. The summed E-state index contributed by atoms with van der Waals surface area (Å²) in [5, 5.41) is 8.17. The molecular formula is C25H20F4N6O. The molecule has 1 aliphatic heterocycles. The lowest BCUT2D eigenvalue weighted by Gasteiger charge is -2.26. The van der Waals surface area contributed by atoms with Crippen molar-refractivity contribution in [2.75, 3.05) is 11.4 Å². The third kappa shape index (κ3) is 4.95. The molecule has 0 saturated carbocycles. The molecule has 184 valence electrons. The van der Waals surface area contributed by atoms with Crippen LogP contribution in [-0.2, 0) is 17.6 Å². The Hall–Kier alpha value is -4.15. The Balaban J connectivity index is 1.40. The molecule has 0 saturated heterocycles. The molecule has 4 aromatic rings. The number of anilines is 1. The second kappa shape index (κ2) is 9.48. The first-order valence-corrected chi connectivity index (χ1v) is 11.2. The number of nitrogens with zero attached hydrogens (tertiary/aromatic N) is 6. The zero-order valence-corrected chi connectivity index (χ0v) is 18.9. The Kier molecular flexibility index (Phi) is 6.21. The number of amides is 1. The first kappa shape index (κ1) is 23.6. The van der Waals surface area contributed by atoms with Gasteiger partial charge >= 0.3 is 6.18 Å². The van der Waals surface area contributed by atoms with Crippen LogP contribution in [0.5, 0.6) is 0 Å². The number of halogens is 4. The second-order valence-electron chi connectivity index (χ2n) is 8.54. The van der Waals surface area contributed by atoms with E-state index in [-0.39, 0.29) is 24.1 Å². The molecule has 5 rings (SSSR count). The summed E-state index contributed by atoms with van der Waals surface area (Å²) >= 11 is 0. The number of carbonyl (C=O) groups is 1. The third-order valence-electron chi connectivity index (χ3n) is 6.04. The van der Waals surface area contributed by atoms with Crippen LogP contribution in [0.3, 0.4) is 0 Å². The van der Waals surface area contributed by atoms with Crippen LogP contribution >= 0.6 is 0 Å². The fourth-order valence-electron chi connectivity index (χ4n) is 4.35. The van der Waals surface area contributed by atoms with Crippen LogP contribution in [0, 0.1) is 5.82 Å². The minimum atomic E-state index is -4.66. The SMILES string of the molecule is O=C1C(n2cc(-c3ccc(Cc4cncnc4)cc3)nn2)CCc2c(F)cccc2N1CC(F)(F)F. The van der Waals surface area contributed by atoms with Gasteiger partial charge in [0, 0.05) is 29.9 Å². The van der Waals surface area contributed by atoms with E-state index in [1.54, 1.807) is 12.4 Å². The fourth-order valence-corrected chi connectivity index (χ4v) is 4.35. The van der Waals surface area contributed by atoms with E-state index in [0.29, 0.717) is 17.0 Å². The van der Waals surface area contributed by atoms with Crippen LogP contribution in [0.2, 0.25) is 0 Å². The molecule has 1 unspecified atom stereocenters. The van der Waals surface area contributed by atoms with Gasteiger partial charge in [-0.25, -0.2) is 19.0 Å². The molecule has 1 amide bonds. The van der Waals surface area contributed by atoms with E-state index in [1.807, 2.05) is 24.3 Å². The highest BCUT2D eigenvalue weighted by atomic mass is 19.4. The van der Waals surface area contributed by atoms with Gasteiger partial charge in [0.2, 0.25) is 0 Å². The van der Waals surface area contributed by atoms with E-state index < -0.39 is 30.5 Å². The molecule has 36 heavy (non-hydrogen) atoms. The first-order valence-electron chi connectivity index (χ1n) is 11.2. The van der Waals surface area contributed by atoms with Crippen LogP contribution in [0.1, 0.15) is 29.2 Å². The van der Waals surface area contributed by atoms with E-state index in [4.69, 9.17) is 0 Å². The highest BCUT2D eigenvalue weighted by Gasteiger charge is 2.40. The molecule has 2 aromatic heterocycles. The Morgan fingerprint density at radius 3 is 2.47 bits per heavy atom. The maximum absolute atomic E-state index is 14.4. The number of aromatic nitrogens is 5. The summed E-state index contributed by atoms with van der Waals surface area (Å²) in [4.78, 5) is 21.9. The van der Waals surface area contributed by atoms with Gasteiger partial charge in [-0.1, -0.05) is 35.5 Å². The lowest BCUT2D eigenvalue weighted by molar-refractivity contribution is -0.134. The van der Waals surface area contributed by atoms with E-state index in [0.717, 1.165) is 16.7 Å². The lowest BCUT2D eigenvalue weighted by atomic mass is 10.0. The van der Waals surface area contributed by atoms with Crippen LogP contribution in [0.4, 0.5) is 23.2 Å². The predicted octanol–water partition coefficient (Wildman–Crippen LogP) is 4.55. The van der Waals surface area contributed by atoms with Gasteiger partial charge in [0.15, 0.2) is 0 Å². The molecule has 0 spiro atoms. The topological polar surface area (TPSA) is 76.8 Å². The summed E-state index contributed by atoms with van der Waals surface area (Å²) in [7, 11) is 0.